The molecule has 0 saturated heterocycles. The van der Waals surface area contributed by atoms with Crippen molar-refractivity contribution in [3.05, 3.63) is 35.4 Å². The first kappa shape index (κ1) is 15.2. The van der Waals surface area contributed by atoms with Gasteiger partial charge in [-0.1, -0.05) is 45.0 Å². The zero-order valence-corrected chi connectivity index (χ0v) is 12.2. The Balaban J connectivity index is 2.44. The third-order valence-electron chi connectivity index (χ3n) is 3.30. The lowest BCUT2D eigenvalue weighted by atomic mass is 9.86. The number of aliphatic hydroxyl groups is 1. The third-order valence-corrected chi connectivity index (χ3v) is 3.30. The Kier molecular flexibility index (Phi) is 5.83. The molecule has 0 spiro atoms. The van der Waals surface area contributed by atoms with Crippen molar-refractivity contribution in [2.45, 2.75) is 39.0 Å². The quantitative estimate of drug-likeness (QED) is 0.838. The average molecular weight is 249 g/mol. The predicted molar refractivity (Wildman–Crippen MR) is 78.0 cm³/mol. The molecule has 1 rings (SSSR count). The normalized spacial score (nSPS) is 12.1. The van der Waals surface area contributed by atoms with Gasteiger partial charge in [-0.25, -0.2) is 0 Å². The molecule has 1 aromatic carbocycles. The molecular weight excluding hydrogens is 222 g/mol. The number of nitrogens with zero attached hydrogens (tertiary/aromatic N) is 1. The van der Waals surface area contributed by atoms with Crippen LogP contribution in [0.15, 0.2) is 24.3 Å². The highest BCUT2D eigenvalue weighted by Gasteiger charge is 2.12. The van der Waals surface area contributed by atoms with Gasteiger partial charge in [-0.3, -0.25) is 0 Å². The first-order valence-electron chi connectivity index (χ1n) is 6.82. The molecular formula is C16H27NO. The van der Waals surface area contributed by atoms with Gasteiger partial charge in [-0.15, -0.1) is 0 Å². The van der Waals surface area contributed by atoms with Gasteiger partial charge < -0.3 is 10.0 Å². The maximum atomic E-state index is 8.78. The Hall–Kier alpha value is -0.860. The van der Waals surface area contributed by atoms with E-state index in [1.54, 1.807) is 0 Å². The fourth-order valence-electron chi connectivity index (χ4n) is 1.94. The Morgan fingerprint density at radius 3 is 2.17 bits per heavy atom. The standard InChI is InChI=1S/C16H27NO/c1-16(2,3)15-8-6-14(7-9-15)10-12-17(4)11-5-13-18/h6-9,18H,5,10-13H2,1-4H3. The largest absolute Gasteiger partial charge is 0.396 e. The first-order chi connectivity index (χ1) is 8.43. The van der Waals surface area contributed by atoms with E-state index in [4.69, 9.17) is 5.11 Å². The topological polar surface area (TPSA) is 23.5 Å². The van der Waals surface area contributed by atoms with Crippen LogP contribution in [0.4, 0.5) is 0 Å². The number of likely N-dealkylation sites (N-methyl/N-ethyl adjacent to an activating group) is 1. The van der Waals surface area contributed by atoms with Crippen molar-refractivity contribution < 1.29 is 5.11 Å². The van der Waals surface area contributed by atoms with Crippen molar-refractivity contribution in [3.8, 4) is 0 Å². The van der Waals surface area contributed by atoms with Crippen molar-refractivity contribution in [1.82, 2.24) is 4.90 Å². The van der Waals surface area contributed by atoms with E-state index in [2.05, 4.69) is 57.0 Å². The molecule has 18 heavy (non-hydrogen) atoms. The van der Waals surface area contributed by atoms with Crippen LogP contribution in [0.2, 0.25) is 0 Å². The zero-order valence-electron chi connectivity index (χ0n) is 12.2. The van der Waals surface area contributed by atoms with E-state index in [-0.39, 0.29) is 12.0 Å². The summed E-state index contributed by atoms with van der Waals surface area (Å²) in [6.45, 7) is 9.02. The van der Waals surface area contributed by atoms with E-state index >= 15 is 0 Å². The summed E-state index contributed by atoms with van der Waals surface area (Å²) in [7, 11) is 2.11. The van der Waals surface area contributed by atoms with Crippen LogP contribution < -0.4 is 0 Å². The predicted octanol–water partition coefficient (Wildman–Crippen LogP) is 2.84. The maximum absolute atomic E-state index is 8.78. The summed E-state index contributed by atoms with van der Waals surface area (Å²) in [6, 6.07) is 8.95. The Morgan fingerprint density at radius 2 is 1.67 bits per heavy atom. The van der Waals surface area contributed by atoms with Gasteiger partial charge in [0.1, 0.15) is 0 Å². The molecule has 1 aromatic rings. The minimum absolute atomic E-state index is 0.233. The molecule has 2 nitrogen and oxygen atoms in total. The number of aliphatic hydroxyl groups excluding tert-OH is 1. The molecule has 102 valence electrons. The molecule has 0 aliphatic carbocycles. The van der Waals surface area contributed by atoms with Crippen LogP contribution in [0, 0.1) is 0 Å². The summed E-state index contributed by atoms with van der Waals surface area (Å²) in [4.78, 5) is 2.27. The second kappa shape index (κ2) is 6.91. The summed E-state index contributed by atoms with van der Waals surface area (Å²) in [5.74, 6) is 0. The second-order valence-electron chi connectivity index (χ2n) is 6.08. The molecule has 0 saturated carbocycles. The molecule has 0 radical (unpaired) electrons. The lowest BCUT2D eigenvalue weighted by Crippen LogP contribution is -2.23. The average Bonchev–Trinajstić information content (AvgIpc) is 2.33. The lowest BCUT2D eigenvalue weighted by molar-refractivity contribution is 0.248. The summed E-state index contributed by atoms with van der Waals surface area (Å²) < 4.78 is 0. The fraction of sp³-hybridized carbons (Fsp3) is 0.625. The van der Waals surface area contributed by atoms with Gasteiger partial charge in [-0.2, -0.15) is 0 Å². The Labute approximate surface area is 112 Å². The summed E-state index contributed by atoms with van der Waals surface area (Å²) in [6.07, 6.45) is 1.94. The van der Waals surface area contributed by atoms with Gasteiger partial charge in [0.25, 0.3) is 0 Å². The molecule has 0 unspecified atom stereocenters. The van der Waals surface area contributed by atoms with Crippen LogP contribution in [0.3, 0.4) is 0 Å². The third kappa shape index (κ3) is 5.19. The van der Waals surface area contributed by atoms with E-state index in [1.807, 2.05) is 0 Å². The van der Waals surface area contributed by atoms with E-state index in [9.17, 15) is 0 Å². The van der Waals surface area contributed by atoms with E-state index in [0.29, 0.717) is 0 Å². The highest BCUT2D eigenvalue weighted by Crippen LogP contribution is 2.22. The zero-order chi connectivity index (χ0) is 13.6. The smallest absolute Gasteiger partial charge is 0.0443 e. The molecule has 2 heteroatoms. The minimum atomic E-state index is 0.233. The molecule has 0 aliphatic rings. The monoisotopic (exact) mass is 249 g/mol. The van der Waals surface area contributed by atoms with Crippen LogP contribution in [0.1, 0.15) is 38.3 Å². The van der Waals surface area contributed by atoms with Crippen molar-refractivity contribution in [2.75, 3.05) is 26.7 Å². The number of hydrogen-bond donors (Lipinski definition) is 1. The van der Waals surface area contributed by atoms with Crippen LogP contribution in [0.25, 0.3) is 0 Å². The first-order valence-corrected chi connectivity index (χ1v) is 6.82. The molecule has 1 N–H and O–H groups in total. The Bertz CT molecular complexity index is 337. The van der Waals surface area contributed by atoms with Crippen molar-refractivity contribution >= 4 is 0 Å². The van der Waals surface area contributed by atoms with Crippen molar-refractivity contribution in [2.24, 2.45) is 0 Å². The van der Waals surface area contributed by atoms with Gasteiger partial charge >= 0.3 is 0 Å². The van der Waals surface area contributed by atoms with Gasteiger partial charge in [-0.05, 0) is 36.4 Å². The molecule has 0 fully saturated rings. The van der Waals surface area contributed by atoms with Crippen LogP contribution in [-0.2, 0) is 11.8 Å². The highest BCUT2D eigenvalue weighted by molar-refractivity contribution is 5.27. The molecule has 0 aromatic heterocycles. The van der Waals surface area contributed by atoms with Gasteiger partial charge in [0.15, 0.2) is 0 Å². The van der Waals surface area contributed by atoms with E-state index in [1.165, 1.54) is 11.1 Å². The second-order valence-corrected chi connectivity index (χ2v) is 6.08. The summed E-state index contributed by atoms with van der Waals surface area (Å²) in [5.41, 5.74) is 3.01. The van der Waals surface area contributed by atoms with Crippen molar-refractivity contribution in [3.63, 3.8) is 0 Å². The van der Waals surface area contributed by atoms with Crippen LogP contribution in [-0.4, -0.2) is 36.8 Å². The number of rotatable bonds is 6. The van der Waals surface area contributed by atoms with E-state index in [0.717, 1.165) is 25.9 Å². The number of hydrogen-bond acceptors (Lipinski definition) is 2. The summed E-state index contributed by atoms with van der Waals surface area (Å²) >= 11 is 0. The maximum Gasteiger partial charge on any atom is 0.0443 e. The lowest BCUT2D eigenvalue weighted by Gasteiger charge is -2.20. The van der Waals surface area contributed by atoms with Gasteiger partial charge in [0.2, 0.25) is 0 Å². The van der Waals surface area contributed by atoms with Gasteiger partial charge in [0, 0.05) is 19.7 Å². The van der Waals surface area contributed by atoms with Crippen LogP contribution in [0.5, 0.6) is 0 Å². The fourth-order valence-corrected chi connectivity index (χ4v) is 1.94. The van der Waals surface area contributed by atoms with Crippen LogP contribution >= 0.6 is 0 Å². The molecule has 0 aliphatic heterocycles. The van der Waals surface area contributed by atoms with E-state index < -0.39 is 0 Å². The molecule has 0 bridgehead atoms. The summed E-state index contributed by atoms with van der Waals surface area (Å²) in [5, 5.41) is 8.78. The number of benzene rings is 1. The molecule has 0 atom stereocenters. The minimum Gasteiger partial charge on any atom is -0.396 e. The van der Waals surface area contributed by atoms with Crippen molar-refractivity contribution in [1.29, 1.82) is 0 Å². The van der Waals surface area contributed by atoms with Gasteiger partial charge in [0.05, 0.1) is 0 Å². The molecule has 0 amide bonds. The molecule has 0 heterocycles. The highest BCUT2D eigenvalue weighted by atomic mass is 16.3. The SMILES string of the molecule is CN(CCCO)CCc1ccc(C(C)(C)C)cc1. The Morgan fingerprint density at radius 1 is 1.06 bits per heavy atom.